The maximum Gasteiger partial charge on any atom is 0.268 e. The maximum atomic E-state index is 13.3. The average Bonchev–Trinajstić information content (AvgIpc) is 2.95. The molecule has 5 heteroatoms. The van der Waals surface area contributed by atoms with Crippen LogP contribution in [0.15, 0.2) is 60.8 Å². The Morgan fingerprint density at radius 2 is 1.62 bits per heavy atom. The number of para-hydroxylation sites is 3. The minimum absolute atomic E-state index is 0.0623. The Bertz CT molecular complexity index is 901. The van der Waals surface area contributed by atoms with Gasteiger partial charge in [-0.3, -0.25) is 14.4 Å². The van der Waals surface area contributed by atoms with Gasteiger partial charge in [-0.1, -0.05) is 30.3 Å². The summed E-state index contributed by atoms with van der Waals surface area (Å²) in [6, 6.07) is 17.7. The molecule has 1 amide bonds. The quantitative estimate of drug-likeness (QED) is 0.720. The van der Waals surface area contributed by atoms with Crippen LogP contribution in [-0.4, -0.2) is 22.2 Å². The van der Waals surface area contributed by atoms with Gasteiger partial charge in [0.05, 0.1) is 17.6 Å². The summed E-state index contributed by atoms with van der Waals surface area (Å²) < 4.78 is 1.77. The average molecular weight is 318 g/mol. The first-order chi connectivity index (χ1) is 11.7. The highest BCUT2D eigenvalue weighted by Crippen LogP contribution is 2.43. The SMILES string of the molecule is CCN1c2ccccc2N(c2ccccc2)C(=O)c2cnn(C)c21. The van der Waals surface area contributed by atoms with Crippen LogP contribution in [0, 0.1) is 0 Å². The van der Waals surface area contributed by atoms with Crippen molar-refractivity contribution in [1.29, 1.82) is 0 Å². The number of anilines is 4. The molecular formula is C19H18N4O. The van der Waals surface area contributed by atoms with Crippen molar-refractivity contribution in [2.24, 2.45) is 7.05 Å². The number of nitrogens with zero attached hydrogens (tertiary/aromatic N) is 4. The molecule has 0 atom stereocenters. The molecule has 5 nitrogen and oxygen atoms in total. The van der Waals surface area contributed by atoms with Crippen LogP contribution in [0.5, 0.6) is 0 Å². The molecule has 4 rings (SSSR count). The number of aryl methyl sites for hydroxylation is 1. The molecular weight excluding hydrogens is 300 g/mol. The summed E-state index contributed by atoms with van der Waals surface area (Å²) in [4.78, 5) is 17.2. The summed E-state index contributed by atoms with van der Waals surface area (Å²) in [5.41, 5.74) is 3.34. The van der Waals surface area contributed by atoms with E-state index in [0.717, 1.165) is 29.4 Å². The molecule has 1 aromatic heterocycles. The van der Waals surface area contributed by atoms with E-state index >= 15 is 0 Å². The molecule has 1 aliphatic rings. The van der Waals surface area contributed by atoms with Gasteiger partial charge in [-0.05, 0) is 31.2 Å². The normalized spacial score (nSPS) is 13.5. The van der Waals surface area contributed by atoms with Crippen molar-refractivity contribution in [2.75, 3.05) is 16.3 Å². The van der Waals surface area contributed by atoms with Gasteiger partial charge in [0.25, 0.3) is 5.91 Å². The highest BCUT2D eigenvalue weighted by atomic mass is 16.2. The molecule has 0 bridgehead atoms. The standard InChI is InChI=1S/C19H18N4O/c1-3-22-16-11-7-8-12-17(16)23(14-9-5-4-6-10-14)19(24)15-13-20-21(2)18(15)22/h4-13H,3H2,1-2H3. The Labute approximate surface area is 140 Å². The van der Waals surface area contributed by atoms with Gasteiger partial charge in [-0.25, -0.2) is 0 Å². The first-order valence-electron chi connectivity index (χ1n) is 8.00. The third kappa shape index (κ3) is 2.01. The van der Waals surface area contributed by atoms with E-state index in [1.54, 1.807) is 15.8 Å². The number of rotatable bonds is 2. The van der Waals surface area contributed by atoms with E-state index in [0.29, 0.717) is 5.56 Å². The zero-order valence-corrected chi connectivity index (χ0v) is 13.7. The molecule has 120 valence electrons. The van der Waals surface area contributed by atoms with Crippen molar-refractivity contribution < 1.29 is 4.79 Å². The van der Waals surface area contributed by atoms with E-state index in [1.807, 2.05) is 61.6 Å². The van der Waals surface area contributed by atoms with Gasteiger partial charge in [-0.2, -0.15) is 5.10 Å². The molecule has 0 saturated carbocycles. The van der Waals surface area contributed by atoms with E-state index in [4.69, 9.17) is 0 Å². The van der Waals surface area contributed by atoms with Crippen LogP contribution < -0.4 is 9.80 Å². The summed E-state index contributed by atoms with van der Waals surface area (Å²) >= 11 is 0. The van der Waals surface area contributed by atoms with E-state index in [9.17, 15) is 4.79 Å². The molecule has 0 N–H and O–H groups in total. The van der Waals surface area contributed by atoms with Gasteiger partial charge in [-0.15, -0.1) is 0 Å². The highest BCUT2D eigenvalue weighted by molar-refractivity contribution is 6.17. The lowest BCUT2D eigenvalue weighted by molar-refractivity contribution is 0.100. The predicted octanol–water partition coefficient (Wildman–Crippen LogP) is 3.87. The fourth-order valence-corrected chi connectivity index (χ4v) is 3.28. The van der Waals surface area contributed by atoms with Gasteiger partial charge < -0.3 is 4.90 Å². The van der Waals surface area contributed by atoms with Gasteiger partial charge >= 0.3 is 0 Å². The number of aromatic nitrogens is 2. The number of hydrogen-bond acceptors (Lipinski definition) is 3. The van der Waals surface area contributed by atoms with Gasteiger partial charge in [0, 0.05) is 19.3 Å². The molecule has 0 saturated heterocycles. The first-order valence-corrected chi connectivity index (χ1v) is 8.00. The minimum Gasteiger partial charge on any atom is -0.324 e. The van der Waals surface area contributed by atoms with E-state index in [-0.39, 0.29) is 5.91 Å². The molecule has 0 spiro atoms. The van der Waals surface area contributed by atoms with Crippen LogP contribution >= 0.6 is 0 Å². The zero-order chi connectivity index (χ0) is 16.7. The predicted molar refractivity (Wildman–Crippen MR) is 95.2 cm³/mol. The summed E-state index contributed by atoms with van der Waals surface area (Å²) in [6.45, 7) is 2.83. The number of amides is 1. The van der Waals surface area contributed by atoms with Crippen molar-refractivity contribution in [1.82, 2.24) is 9.78 Å². The lowest BCUT2D eigenvalue weighted by atomic mass is 10.2. The summed E-state index contributed by atoms with van der Waals surface area (Å²) in [7, 11) is 1.87. The third-order valence-corrected chi connectivity index (χ3v) is 4.34. The second-order valence-electron chi connectivity index (χ2n) is 5.71. The van der Waals surface area contributed by atoms with Gasteiger partial charge in [0.15, 0.2) is 0 Å². The van der Waals surface area contributed by atoms with Crippen LogP contribution in [0.1, 0.15) is 17.3 Å². The number of benzene rings is 2. The number of hydrogen-bond donors (Lipinski definition) is 0. The Kier molecular flexibility index (Phi) is 3.34. The first kappa shape index (κ1) is 14.5. The zero-order valence-electron chi connectivity index (χ0n) is 13.7. The summed E-state index contributed by atoms with van der Waals surface area (Å²) in [5, 5.41) is 4.32. The van der Waals surface area contributed by atoms with Crippen LogP contribution in [0.2, 0.25) is 0 Å². The van der Waals surface area contributed by atoms with Crippen molar-refractivity contribution in [3.05, 3.63) is 66.4 Å². The number of carbonyl (C=O) groups is 1. The molecule has 2 aromatic carbocycles. The van der Waals surface area contributed by atoms with Crippen LogP contribution in [0.25, 0.3) is 0 Å². The highest BCUT2D eigenvalue weighted by Gasteiger charge is 2.33. The molecule has 2 heterocycles. The number of fused-ring (bicyclic) bond motifs is 2. The van der Waals surface area contributed by atoms with Crippen molar-refractivity contribution in [3.63, 3.8) is 0 Å². The number of carbonyl (C=O) groups excluding carboxylic acids is 1. The van der Waals surface area contributed by atoms with E-state index < -0.39 is 0 Å². The third-order valence-electron chi connectivity index (χ3n) is 4.34. The second-order valence-corrected chi connectivity index (χ2v) is 5.71. The monoisotopic (exact) mass is 318 g/mol. The van der Waals surface area contributed by atoms with Crippen molar-refractivity contribution in [2.45, 2.75) is 6.92 Å². The molecule has 24 heavy (non-hydrogen) atoms. The molecule has 0 fully saturated rings. The van der Waals surface area contributed by atoms with Crippen molar-refractivity contribution >= 4 is 28.8 Å². The Morgan fingerprint density at radius 1 is 0.958 bits per heavy atom. The topological polar surface area (TPSA) is 41.4 Å². The van der Waals surface area contributed by atoms with Crippen LogP contribution in [0.3, 0.4) is 0 Å². The molecule has 0 radical (unpaired) electrons. The Balaban J connectivity index is 2.04. The Morgan fingerprint density at radius 3 is 2.33 bits per heavy atom. The van der Waals surface area contributed by atoms with E-state index in [2.05, 4.69) is 16.9 Å². The smallest absolute Gasteiger partial charge is 0.268 e. The maximum absolute atomic E-state index is 13.3. The van der Waals surface area contributed by atoms with Gasteiger partial charge in [0.2, 0.25) is 0 Å². The molecule has 0 unspecified atom stereocenters. The van der Waals surface area contributed by atoms with Crippen LogP contribution in [-0.2, 0) is 7.05 Å². The van der Waals surface area contributed by atoms with E-state index in [1.165, 1.54) is 0 Å². The fourth-order valence-electron chi connectivity index (χ4n) is 3.28. The Hall–Kier alpha value is -3.08. The lowest BCUT2D eigenvalue weighted by Crippen LogP contribution is -2.24. The van der Waals surface area contributed by atoms with Crippen LogP contribution in [0.4, 0.5) is 22.9 Å². The minimum atomic E-state index is -0.0623. The molecule has 3 aromatic rings. The lowest BCUT2D eigenvalue weighted by Gasteiger charge is -2.26. The largest absolute Gasteiger partial charge is 0.324 e. The fraction of sp³-hybridized carbons (Fsp3) is 0.158. The molecule has 0 aliphatic carbocycles. The summed E-state index contributed by atoms with van der Waals surface area (Å²) in [5.74, 6) is 0.765. The second kappa shape index (κ2) is 5.53. The summed E-state index contributed by atoms with van der Waals surface area (Å²) in [6.07, 6.45) is 1.65. The molecule has 1 aliphatic heterocycles. The van der Waals surface area contributed by atoms with Gasteiger partial charge in [0.1, 0.15) is 11.4 Å². The van der Waals surface area contributed by atoms with Crippen molar-refractivity contribution in [3.8, 4) is 0 Å².